The first-order chi connectivity index (χ1) is 7.95. The molecule has 0 aromatic heterocycles. The molecule has 1 amide bonds. The molecule has 1 aromatic carbocycles. The van der Waals surface area contributed by atoms with E-state index < -0.39 is 17.5 Å². The third-order valence-corrected chi connectivity index (χ3v) is 2.36. The van der Waals surface area contributed by atoms with Gasteiger partial charge in [-0.15, -0.1) is 0 Å². The Morgan fingerprint density at radius 3 is 2.24 bits per heavy atom. The molecule has 1 rings (SSSR count). The van der Waals surface area contributed by atoms with Gasteiger partial charge in [-0.05, 0) is 26.0 Å². The van der Waals surface area contributed by atoms with Gasteiger partial charge in [0.1, 0.15) is 11.6 Å². The Hall–Kier alpha value is -1.49. The lowest BCUT2D eigenvalue weighted by atomic mass is 10.1. The highest BCUT2D eigenvalue weighted by molar-refractivity contribution is 5.94. The molecule has 0 heterocycles. The number of carbonyl (C=O) groups is 1. The second-order valence-corrected chi connectivity index (χ2v) is 4.04. The van der Waals surface area contributed by atoms with Gasteiger partial charge in [-0.3, -0.25) is 4.79 Å². The minimum Gasteiger partial charge on any atom is -0.335 e. The zero-order chi connectivity index (χ0) is 13.0. The van der Waals surface area contributed by atoms with Crippen LogP contribution >= 0.6 is 0 Å². The van der Waals surface area contributed by atoms with E-state index in [1.165, 1.54) is 4.90 Å². The molecule has 5 heteroatoms. The number of nitrogens with zero attached hydrogens (tertiary/aromatic N) is 1. The maximum atomic E-state index is 13.0. The van der Waals surface area contributed by atoms with E-state index >= 15 is 0 Å². The standard InChI is InChI=1S/C12H16F2N2O/c1-8(2)16(4-3-15)12(17)9-5-10(13)7-11(14)6-9/h5-8H,3-4,15H2,1-2H3. The van der Waals surface area contributed by atoms with Gasteiger partial charge in [0.25, 0.3) is 5.91 Å². The molecular formula is C12H16F2N2O. The Balaban J connectivity index is 3.00. The fourth-order valence-electron chi connectivity index (χ4n) is 1.58. The highest BCUT2D eigenvalue weighted by Crippen LogP contribution is 2.12. The molecule has 0 fully saturated rings. The predicted molar refractivity (Wildman–Crippen MR) is 61.6 cm³/mol. The third kappa shape index (κ3) is 3.49. The summed E-state index contributed by atoms with van der Waals surface area (Å²) < 4.78 is 26.0. The molecule has 3 nitrogen and oxygen atoms in total. The highest BCUT2D eigenvalue weighted by Gasteiger charge is 2.19. The smallest absolute Gasteiger partial charge is 0.254 e. The van der Waals surface area contributed by atoms with Crippen molar-refractivity contribution in [3.05, 3.63) is 35.4 Å². The molecule has 0 unspecified atom stereocenters. The molecule has 0 radical (unpaired) electrons. The van der Waals surface area contributed by atoms with E-state index in [-0.39, 0.29) is 11.6 Å². The first kappa shape index (κ1) is 13.6. The Bertz CT molecular complexity index is 387. The van der Waals surface area contributed by atoms with Crippen LogP contribution in [0.2, 0.25) is 0 Å². The number of amides is 1. The summed E-state index contributed by atoms with van der Waals surface area (Å²) in [6.07, 6.45) is 0. The zero-order valence-corrected chi connectivity index (χ0v) is 9.91. The van der Waals surface area contributed by atoms with Crippen molar-refractivity contribution >= 4 is 5.91 Å². The van der Waals surface area contributed by atoms with Crippen molar-refractivity contribution in [2.24, 2.45) is 5.73 Å². The van der Waals surface area contributed by atoms with Crippen LogP contribution in [0.25, 0.3) is 0 Å². The van der Waals surface area contributed by atoms with Crippen LogP contribution in [0, 0.1) is 11.6 Å². The molecule has 0 aliphatic carbocycles. The molecule has 0 saturated heterocycles. The fourth-order valence-corrected chi connectivity index (χ4v) is 1.58. The maximum absolute atomic E-state index is 13.0. The number of benzene rings is 1. The summed E-state index contributed by atoms with van der Waals surface area (Å²) in [5.41, 5.74) is 5.41. The number of halogens is 2. The fraction of sp³-hybridized carbons (Fsp3) is 0.417. The van der Waals surface area contributed by atoms with E-state index in [4.69, 9.17) is 5.73 Å². The molecule has 0 spiro atoms. The molecule has 0 atom stereocenters. The largest absolute Gasteiger partial charge is 0.335 e. The molecule has 0 saturated carbocycles. The van der Waals surface area contributed by atoms with Crippen LogP contribution < -0.4 is 5.73 Å². The topological polar surface area (TPSA) is 46.3 Å². The molecule has 1 aromatic rings. The Labute approximate surface area is 99.2 Å². The van der Waals surface area contributed by atoms with E-state index in [1.54, 1.807) is 0 Å². The molecule has 17 heavy (non-hydrogen) atoms. The second kappa shape index (κ2) is 5.72. The Kier molecular flexibility index (Phi) is 4.57. The number of hydrogen-bond acceptors (Lipinski definition) is 2. The van der Waals surface area contributed by atoms with Crippen molar-refractivity contribution in [1.29, 1.82) is 0 Å². The first-order valence-corrected chi connectivity index (χ1v) is 5.43. The molecule has 0 aliphatic heterocycles. The van der Waals surface area contributed by atoms with Gasteiger partial charge in [0.05, 0.1) is 0 Å². The van der Waals surface area contributed by atoms with E-state index in [9.17, 15) is 13.6 Å². The molecule has 0 bridgehead atoms. The summed E-state index contributed by atoms with van der Waals surface area (Å²) >= 11 is 0. The number of rotatable bonds is 4. The predicted octanol–water partition coefficient (Wildman–Crippen LogP) is 1.77. The SMILES string of the molecule is CC(C)N(CCN)C(=O)c1cc(F)cc(F)c1. The van der Waals surface area contributed by atoms with Crippen LogP contribution in [0.4, 0.5) is 8.78 Å². The van der Waals surface area contributed by atoms with Crippen molar-refractivity contribution in [1.82, 2.24) is 4.90 Å². The number of hydrogen-bond donors (Lipinski definition) is 1. The average molecular weight is 242 g/mol. The van der Waals surface area contributed by atoms with Crippen LogP contribution in [0.15, 0.2) is 18.2 Å². The summed E-state index contributed by atoms with van der Waals surface area (Å²) in [7, 11) is 0. The minimum absolute atomic E-state index is 0.00431. The van der Waals surface area contributed by atoms with Gasteiger partial charge in [-0.2, -0.15) is 0 Å². The first-order valence-electron chi connectivity index (χ1n) is 5.43. The number of nitrogens with two attached hydrogens (primary N) is 1. The average Bonchev–Trinajstić information content (AvgIpc) is 2.23. The van der Waals surface area contributed by atoms with E-state index in [1.807, 2.05) is 13.8 Å². The minimum atomic E-state index is -0.759. The molecular weight excluding hydrogens is 226 g/mol. The lowest BCUT2D eigenvalue weighted by Gasteiger charge is -2.26. The molecule has 0 aliphatic rings. The Morgan fingerprint density at radius 1 is 1.29 bits per heavy atom. The molecule has 94 valence electrons. The van der Waals surface area contributed by atoms with Crippen LogP contribution in [0.1, 0.15) is 24.2 Å². The van der Waals surface area contributed by atoms with Crippen molar-refractivity contribution in [2.45, 2.75) is 19.9 Å². The summed E-state index contributed by atoms with van der Waals surface area (Å²) in [6.45, 7) is 4.31. The summed E-state index contributed by atoms with van der Waals surface area (Å²) in [6, 6.07) is 2.71. The third-order valence-electron chi connectivity index (χ3n) is 2.36. The van der Waals surface area contributed by atoms with Crippen molar-refractivity contribution in [3.8, 4) is 0 Å². The summed E-state index contributed by atoms with van der Waals surface area (Å²) in [4.78, 5) is 13.5. The van der Waals surface area contributed by atoms with E-state index in [0.29, 0.717) is 13.1 Å². The molecule has 2 N–H and O–H groups in total. The maximum Gasteiger partial charge on any atom is 0.254 e. The van der Waals surface area contributed by atoms with Gasteiger partial charge in [-0.1, -0.05) is 0 Å². The summed E-state index contributed by atoms with van der Waals surface area (Å²) in [5, 5.41) is 0. The van der Waals surface area contributed by atoms with Gasteiger partial charge < -0.3 is 10.6 Å². The highest BCUT2D eigenvalue weighted by atomic mass is 19.1. The summed E-state index contributed by atoms with van der Waals surface area (Å²) in [5.74, 6) is -1.93. The zero-order valence-electron chi connectivity index (χ0n) is 9.91. The quantitative estimate of drug-likeness (QED) is 0.874. The second-order valence-electron chi connectivity index (χ2n) is 4.04. The van der Waals surface area contributed by atoms with E-state index in [0.717, 1.165) is 18.2 Å². The van der Waals surface area contributed by atoms with Crippen molar-refractivity contribution in [3.63, 3.8) is 0 Å². The van der Waals surface area contributed by atoms with Gasteiger partial charge in [0.15, 0.2) is 0 Å². The normalized spacial score (nSPS) is 10.7. The van der Waals surface area contributed by atoms with Gasteiger partial charge in [-0.25, -0.2) is 8.78 Å². The lowest BCUT2D eigenvalue weighted by Crippen LogP contribution is -2.40. The Morgan fingerprint density at radius 2 is 1.82 bits per heavy atom. The van der Waals surface area contributed by atoms with Crippen LogP contribution in [0.5, 0.6) is 0 Å². The van der Waals surface area contributed by atoms with Crippen LogP contribution in [-0.4, -0.2) is 29.9 Å². The van der Waals surface area contributed by atoms with Crippen molar-refractivity contribution in [2.75, 3.05) is 13.1 Å². The van der Waals surface area contributed by atoms with Crippen LogP contribution in [0.3, 0.4) is 0 Å². The van der Waals surface area contributed by atoms with E-state index in [2.05, 4.69) is 0 Å². The lowest BCUT2D eigenvalue weighted by molar-refractivity contribution is 0.0711. The van der Waals surface area contributed by atoms with Gasteiger partial charge >= 0.3 is 0 Å². The van der Waals surface area contributed by atoms with Crippen LogP contribution in [-0.2, 0) is 0 Å². The van der Waals surface area contributed by atoms with Gasteiger partial charge in [0, 0.05) is 30.8 Å². The van der Waals surface area contributed by atoms with Crippen molar-refractivity contribution < 1.29 is 13.6 Å². The number of carbonyl (C=O) groups excluding carboxylic acids is 1. The monoisotopic (exact) mass is 242 g/mol. The van der Waals surface area contributed by atoms with Gasteiger partial charge in [0.2, 0.25) is 0 Å².